The van der Waals surface area contributed by atoms with E-state index in [9.17, 15) is 14.7 Å². The quantitative estimate of drug-likeness (QED) is 0.499. The summed E-state index contributed by atoms with van der Waals surface area (Å²) in [5.41, 5.74) is 2.62. The monoisotopic (exact) mass is 431 g/mol. The lowest BCUT2D eigenvalue weighted by molar-refractivity contribution is 0.102. The van der Waals surface area contributed by atoms with Gasteiger partial charge in [0.05, 0.1) is 7.11 Å². The molecule has 4 rings (SSSR count). The number of rotatable bonds is 7. The molecule has 7 heteroatoms. The minimum atomic E-state index is -0.217. The first-order valence-electron chi connectivity index (χ1n) is 10.4. The molecular weight excluding hydrogens is 406 g/mol. The molecule has 3 aromatic carbocycles. The fourth-order valence-corrected chi connectivity index (χ4v) is 3.43. The van der Waals surface area contributed by atoms with Crippen LogP contribution < -0.4 is 15.4 Å². The lowest BCUT2D eigenvalue weighted by atomic mass is 10.2. The molecule has 0 spiro atoms. The van der Waals surface area contributed by atoms with Gasteiger partial charge in [-0.05, 0) is 60.9 Å². The van der Waals surface area contributed by atoms with Crippen LogP contribution in [-0.4, -0.2) is 35.1 Å². The number of aromatic hydroxyl groups is 1. The average molecular weight is 431 g/mol. The molecular formula is C25H25N3O4. The average Bonchev–Trinajstić information content (AvgIpc) is 3.64. The standard InChI is InChI=1S/C25H25N3O4/c1-32-23-14-17(10-13-22(23)29)16-28(21-11-12-21)25(31)27-20-9-5-8-19(15-20)26-24(30)18-6-3-2-4-7-18/h2-10,13-15,21,29H,11-12,16H2,1H3,(H,26,30)(H,27,31). The summed E-state index contributed by atoms with van der Waals surface area (Å²) >= 11 is 0. The first-order chi connectivity index (χ1) is 15.5. The largest absolute Gasteiger partial charge is 0.504 e. The number of anilines is 2. The van der Waals surface area contributed by atoms with Gasteiger partial charge in [-0.3, -0.25) is 4.79 Å². The van der Waals surface area contributed by atoms with E-state index in [2.05, 4.69) is 10.6 Å². The van der Waals surface area contributed by atoms with Gasteiger partial charge in [-0.25, -0.2) is 4.79 Å². The van der Waals surface area contributed by atoms with Crippen molar-refractivity contribution < 1.29 is 19.4 Å². The van der Waals surface area contributed by atoms with Crippen molar-refractivity contribution in [3.8, 4) is 11.5 Å². The van der Waals surface area contributed by atoms with E-state index in [-0.39, 0.29) is 23.7 Å². The summed E-state index contributed by atoms with van der Waals surface area (Å²) in [5.74, 6) is 0.225. The van der Waals surface area contributed by atoms with Gasteiger partial charge in [0.15, 0.2) is 11.5 Å². The van der Waals surface area contributed by atoms with Gasteiger partial charge in [0, 0.05) is 29.5 Å². The van der Waals surface area contributed by atoms with Crippen LogP contribution in [0.5, 0.6) is 11.5 Å². The van der Waals surface area contributed by atoms with Gasteiger partial charge in [0.1, 0.15) is 0 Å². The molecule has 1 aliphatic carbocycles. The van der Waals surface area contributed by atoms with Gasteiger partial charge < -0.3 is 25.4 Å². The summed E-state index contributed by atoms with van der Waals surface area (Å²) in [5, 5.41) is 15.6. The van der Waals surface area contributed by atoms with E-state index >= 15 is 0 Å². The molecule has 1 saturated carbocycles. The van der Waals surface area contributed by atoms with Crippen LogP contribution in [-0.2, 0) is 6.54 Å². The molecule has 7 nitrogen and oxygen atoms in total. The number of nitrogens with one attached hydrogen (secondary N) is 2. The summed E-state index contributed by atoms with van der Waals surface area (Å²) in [6, 6.07) is 21.1. The normalized spacial score (nSPS) is 12.7. The highest BCUT2D eigenvalue weighted by Crippen LogP contribution is 2.32. The Hall–Kier alpha value is -4.00. The molecule has 0 aliphatic heterocycles. The van der Waals surface area contributed by atoms with Crippen LogP contribution in [0.2, 0.25) is 0 Å². The third kappa shape index (κ3) is 5.18. The number of carbonyl (C=O) groups is 2. The zero-order valence-electron chi connectivity index (χ0n) is 17.7. The Morgan fingerprint density at radius 3 is 2.38 bits per heavy atom. The number of nitrogens with zero attached hydrogens (tertiary/aromatic N) is 1. The number of benzene rings is 3. The predicted molar refractivity (Wildman–Crippen MR) is 123 cm³/mol. The molecule has 0 radical (unpaired) electrons. The van der Waals surface area contributed by atoms with Crippen molar-refractivity contribution in [1.29, 1.82) is 0 Å². The smallest absolute Gasteiger partial charge is 0.322 e. The molecule has 3 N–H and O–H groups in total. The number of methoxy groups -OCH3 is 1. The van der Waals surface area contributed by atoms with Crippen LogP contribution >= 0.6 is 0 Å². The van der Waals surface area contributed by atoms with E-state index in [0.29, 0.717) is 29.2 Å². The van der Waals surface area contributed by atoms with Crippen molar-refractivity contribution in [2.45, 2.75) is 25.4 Å². The van der Waals surface area contributed by atoms with Crippen LogP contribution in [0.3, 0.4) is 0 Å². The molecule has 32 heavy (non-hydrogen) atoms. The number of phenols is 1. The van der Waals surface area contributed by atoms with Gasteiger partial charge in [-0.15, -0.1) is 0 Å². The highest BCUT2D eigenvalue weighted by molar-refractivity contribution is 6.04. The SMILES string of the molecule is COc1cc(CN(C(=O)Nc2cccc(NC(=O)c3ccccc3)c2)C2CC2)ccc1O. The maximum Gasteiger partial charge on any atom is 0.322 e. The number of carbonyl (C=O) groups excluding carboxylic acids is 2. The Morgan fingerprint density at radius 1 is 0.969 bits per heavy atom. The number of amides is 3. The molecule has 1 aliphatic rings. The predicted octanol–water partition coefficient (Wildman–Crippen LogP) is 4.85. The molecule has 0 saturated heterocycles. The van der Waals surface area contributed by atoms with Crippen LogP contribution in [0, 0.1) is 0 Å². The number of phenolic OH excluding ortho intramolecular Hbond substituents is 1. The summed E-state index contributed by atoms with van der Waals surface area (Å²) in [4.78, 5) is 27.2. The minimum absolute atomic E-state index is 0.0630. The lowest BCUT2D eigenvalue weighted by Gasteiger charge is -2.23. The van der Waals surface area contributed by atoms with Crippen molar-refractivity contribution in [3.05, 3.63) is 83.9 Å². The topological polar surface area (TPSA) is 90.9 Å². The third-order valence-corrected chi connectivity index (χ3v) is 5.25. The number of hydrogen-bond acceptors (Lipinski definition) is 4. The van der Waals surface area contributed by atoms with E-state index in [1.54, 1.807) is 59.5 Å². The van der Waals surface area contributed by atoms with Crippen LogP contribution in [0.4, 0.5) is 16.2 Å². The Labute approximate surface area is 186 Å². The molecule has 3 amide bonds. The summed E-state index contributed by atoms with van der Waals surface area (Å²) < 4.78 is 5.17. The van der Waals surface area contributed by atoms with Crippen molar-refractivity contribution in [2.24, 2.45) is 0 Å². The van der Waals surface area contributed by atoms with E-state index in [0.717, 1.165) is 18.4 Å². The van der Waals surface area contributed by atoms with E-state index < -0.39 is 0 Å². The third-order valence-electron chi connectivity index (χ3n) is 5.25. The molecule has 0 heterocycles. The summed E-state index contributed by atoms with van der Waals surface area (Å²) in [6.07, 6.45) is 1.91. The van der Waals surface area contributed by atoms with Gasteiger partial charge in [-0.2, -0.15) is 0 Å². The highest BCUT2D eigenvalue weighted by atomic mass is 16.5. The highest BCUT2D eigenvalue weighted by Gasteiger charge is 2.32. The number of hydrogen-bond donors (Lipinski definition) is 3. The minimum Gasteiger partial charge on any atom is -0.504 e. The molecule has 0 aromatic heterocycles. The molecule has 1 fully saturated rings. The maximum atomic E-state index is 13.0. The van der Waals surface area contributed by atoms with Crippen LogP contribution in [0.25, 0.3) is 0 Å². The van der Waals surface area contributed by atoms with Gasteiger partial charge in [0.25, 0.3) is 5.91 Å². The number of ether oxygens (including phenoxy) is 1. The second kappa shape index (κ2) is 9.43. The lowest BCUT2D eigenvalue weighted by Crippen LogP contribution is -2.36. The van der Waals surface area contributed by atoms with E-state index in [1.165, 1.54) is 7.11 Å². The Bertz CT molecular complexity index is 1110. The second-order valence-corrected chi connectivity index (χ2v) is 7.70. The Balaban J connectivity index is 1.44. The Kier molecular flexibility index (Phi) is 6.26. The second-order valence-electron chi connectivity index (χ2n) is 7.70. The van der Waals surface area contributed by atoms with Crippen LogP contribution in [0.1, 0.15) is 28.8 Å². The zero-order chi connectivity index (χ0) is 22.5. The van der Waals surface area contributed by atoms with Crippen molar-refractivity contribution in [2.75, 3.05) is 17.7 Å². The van der Waals surface area contributed by atoms with E-state index in [4.69, 9.17) is 4.74 Å². The van der Waals surface area contributed by atoms with Gasteiger partial charge >= 0.3 is 6.03 Å². The first-order valence-corrected chi connectivity index (χ1v) is 10.4. The zero-order valence-corrected chi connectivity index (χ0v) is 17.7. The van der Waals surface area contributed by atoms with Gasteiger partial charge in [-0.1, -0.05) is 30.3 Å². The van der Waals surface area contributed by atoms with E-state index in [1.807, 2.05) is 18.2 Å². The maximum absolute atomic E-state index is 13.0. The Morgan fingerprint density at radius 2 is 1.69 bits per heavy atom. The fraction of sp³-hybridized carbons (Fsp3) is 0.200. The van der Waals surface area contributed by atoms with Gasteiger partial charge in [0.2, 0.25) is 0 Å². The molecule has 0 bridgehead atoms. The van der Waals surface area contributed by atoms with Crippen molar-refractivity contribution >= 4 is 23.3 Å². The van der Waals surface area contributed by atoms with Crippen LogP contribution in [0.15, 0.2) is 72.8 Å². The first kappa shape index (κ1) is 21.2. The molecule has 164 valence electrons. The van der Waals surface area contributed by atoms with Crippen molar-refractivity contribution in [1.82, 2.24) is 4.90 Å². The summed E-state index contributed by atoms with van der Waals surface area (Å²) in [7, 11) is 1.49. The number of urea groups is 1. The van der Waals surface area contributed by atoms with Crippen molar-refractivity contribution in [3.63, 3.8) is 0 Å². The molecule has 0 atom stereocenters. The molecule has 0 unspecified atom stereocenters. The fourth-order valence-electron chi connectivity index (χ4n) is 3.43. The summed E-state index contributed by atoms with van der Waals surface area (Å²) in [6.45, 7) is 0.400. The molecule has 3 aromatic rings.